The summed E-state index contributed by atoms with van der Waals surface area (Å²) in [7, 11) is 0. The smallest absolute Gasteiger partial charge is 0.155 e. The van der Waals surface area contributed by atoms with Crippen LogP contribution in [0.1, 0.15) is 40.0 Å². The van der Waals surface area contributed by atoms with Crippen LogP contribution in [0.25, 0.3) is 0 Å². The monoisotopic (exact) mass is 199 g/mol. The topological polar surface area (TPSA) is 52.3 Å². The van der Waals surface area contributed by atoms with Gasteiger partial charge < -0.3 is 10.5 Å². The second-order valence-electron chi connectivity index (χ2n) is 5.44. The summed E-state index contributed by atoms with van der Waals surface area (Å²) in [5.41, 5.74) is 5.47. The van der Waals surface area contributed by atoms with Crippen molar-refractivity contribution in [1.29, 1.82) is 0 Å². The number of nitrogens with two attached hydrogens (primary N) is 1. The van der Waals surface area contributed by atoms with E-state index in [1.54, 1.807) is 0 Å². The second kappa shape index (κ2) is 3.99. The molecule has 2 N–H and O–H groups in total. The van der Waals surface area contributed by atoms with Gasteiger partial charge in [0.2, 0.25) is 0 Å². The Kier molecular flexibility index (Phi) is 3.32. The molecular formula is C11H21NO2. The minimum Gasteiger partial charge on any atom is -0.379 e. The number of carbonyl (C=O) groups excluding carboxylic acids is 1. The fourth-order valence-electron chi connectivity index (χ4n) is 1.54. The van der Waals surface area contributed by atoms with Crippen LogP contribution in [0.2, 0.25) is 0 Å². The molecule has 0 radical (unpaired) electrons. The summed E-state index contributed by atoms with van der Waals surface area (Å²) >= 11 is 0. The van der Waals surface area contributed by atoms with Crippen LogP contribution in [-0.4, -0.2) is 24.5 Å². The average molecular weight is 199 g/mol. The van der Waals surface area contributed by atoms with E-state index < -0.39 is 5.54 Å². The second-order valence-corrected chi connectivity index (χ2v) is 5.44. The first-order valence-electron chi connectivity index (χ1n) is 5.23. The number of hydrogen-bond donors (Lipinski definition) is 1. The highest BCUT2D eigenvalue weighted by Crippen LogP contribution is 2.25. The lowest BCUT2D eigenvalue weighted by Crippen LogP contribution is -2.48. The van der Waals surface area contributed by atoms with Crippen LogP contribution in [-0.2, 0) is 9.53 Å². The maximum Gasteiger partial charge on any atom is 0.155 e. The lowest BCUT2D eigenvalue weighted by Gasteiger charge is -2.23. The number of carbonyl (C=O) groups is 1. The Balaban J connectivity index is 2.42. The van der Waals surface area contributed by atoms with Crippen molar-refractivity contribution in [3.63, 3.8) is 0 Å². The van der Waals surface area contributed by atoms with Crippen LogP contribution in [0.5, 0.6) is 0 Å². The first-order chi connectivity index (χ1) is 6.33. The average Bonchev–Trinajstić information content (AvgIpc) is 2.48. The molecule has 82 valence electrons. The van der Waals surface area contributed by atoms with Crippen molar-refractivity contribution >= 4 is 5.78 Å². The van der Waals surface area contributed by atoms with Gasteiger partial charge in [-0.05, 0) is 18.3 Å². The van der Waals surface area contributed by atoms with E-state index in [1.165, 1.54) is 0 Å². The molecule has 1 saturated heterocycles. The molecule has 1 aliphatic heterocycles. The van der Waals surface area contributed by atoms with Crippen molar-refractivity contribution in [3.05, 3.63) is 0 Å². The first-order valence-corrected chi connectivity index (χ1v) is 5.23. The quantitative estimate of drug-likeness (QED) is 0.749. The zero-order valence-corrected chi connectivity index (χ0v) is 9.43. The Morgan fingerprint density at radius 1 is 1.50 bits per heavy atom. The van der Waals surface area contributed by atoms with Gasteiger partial charge in [0.1, 0.15) is 5.54 Å². The van der Waals surface area contributed by atoms with E-state index in [0.29, 0.717) is 26.1 Å². The van der Waals surface area contributed by atoms with Gasteiger partial charge in [0.15, 0.2) is 5.78 Å². The number of ether oxygens (including phenoxy) is 1. The number of ketones is 1. The van der Waals surface area contributed by atoms with E-state index in [4.69, 9.17) is 10.5 Å². The molecule has 1 atom stereocenters. The van der Waals surface area contributed by atoms with Crippen LogP contribution in [0, 0.1) is 5.41 Å². The van der Waals surface area contributed by atoms with Gasteiger partial charge in [-0.3, -0.25) is 4.79 Å². The molecule has 1 heterocycles. The van der Waals surface area contributed by atoms with Gasteiger partial charge in [0, 0.05) is 13.0 Å². The molecule has 0 aromatic heterocycles. The molecule has 1 aliphatic rings. The Hall–Kier alpha value is -0.410. The van der Waals surface area contributed by atoms with Crippen LogP contribution in [0.4, 0.5) is 0 Å². The van der Waals surface area contributed by atoms with Gasteiger partial charge in [-0.25, -0.2) is 0 Å². The zero-order chi connectivity index (χ0) is 10.8. The van der Waals surface area contributed by atoms with E-state index in [2.05, 4.69) is 20.8 Å². The van der Waals surface area contributed by atoms with E-state index in [1.807, 2.05) is 0 Å². The normalized spacial score (nSPS) is 28.0. The minimum atomic E-state index is -0.689. The summed E-state index contributed by atoms with van der Waals surface area (Å²) < 4.78 is 5.17. The molecule has 0 amide bonds. The molecule has 1 rings (SSSR count). The summed E-state index contributed by atoms with van der Waals surface area (Å²) in [6.45, 7) is 7.42. The molecule has 14 heavy (non-hydrogen) atoms. The maximum atomic E-state index is 11.8. The number of hydrogen-bond acceptors (Lipinski definition) is 3. The number of Topliss-reactive ketones (excluding diaryl/α,β-unsaturated/α-hetero) is 1. The molecule has 1 unspecified atom stereocenters. The summed E-state index contributed by atoms with van der Waals surface area (Å²) in [5.74, 6) is 0.157. The Morgan fingerprint density at radius 2 is 2.14 bits per heavy atom. The molecule has 0 aromatic carbocycles. The fraction of sp³-hybridized carbons (Fsp3) is 0.909. The van der Waals surface area contributed by atoms with Gasteiger partial charge in [-0.2, -0.15) is 0 Å². The van der Waals surface area contributed by atoms with Crippen molar-refractivity contribution in [2.45, 2.75) is 45.6 Å². The van der Waals surface area contributed by atoms with Gasteiger partial charge in [0.05, 0.1) is 6.61 Å². The van der Waals surface area contributed by atoms with E-state index in [-0.39, 0.29) is 11.2 Å². The maximum absolute atomic E-state index is 11.8. The van der Waals surface area contributed by atoms with Crippen LogP contribution >= 0.6 is 0 Å². The highest BCUT2D eigenvalue weighted by atomic mass is 16.5. The Labute approximate surface area is 86.0 Å². The van der Waals surface area contributed by atoms with Crippen molar-refractivity contribution in [2.24, 2.45) is 11.1 Å². The summed E-state index contributed by atoms with van der Waals surface area (Å²) in [4.78, 5) is 11.8. The van der Waals surface area contributed by atoms with E-state index in [9.17, 15) is 4.79 Å². The highest BCUT2D eigenvalue weighted by Gasteiger charge is 2.37. The molecular weight excluding hydrogens is 178 g/mol. The van der Waals surface area contributed by atoms with E-state index in [0.717, 1.165) is 6.42 Å². The summed E-state index contributed by atoms with van der Waals surface area (Å²) in [5, 5.41) is 0. The van der Waals surface area contributed by atoms with Crippen LogP contribution in [0.15, 0.2) is 0 Å². The fourth-order valence-corrected chi connectivity index (χ4v) is 1.54. The SMILES string of the molecule is CC(C)(C)CCC(=O)C1(N)CCOC1. The Bertz CT molecular complexity index is 212. The molecule has 0 aromatic rings. The van der Waals surface area contributed by atoms with Gasteiger partial charge in [0.25, 0.3) is 0 Å². The number of rotatable bonds is 3. The molecule has 0 bridgehead atoms. The highest BCUT2D eigenvalue weighted by molar-refractivity contribution is 5.88. The van der Waals surface area contributed by atoms with Gasteiger partial charge in [-0.15, -0.1) is 0 Å². The molecule has 1 fully saturated rings. The largest absolute Gasteiger partial charge is 0.379 e. The summed E-state index contributed by atoms with van der Waals surface area (Å²) in [6, 6.07) is 0. The van der Waals surface area contributed by atoms with Gasteiger partial charge in [-0.1, -0.05) is 20.8 Å². The van der Waals surface area contributed by atoms with E-state index >= 15 is 0 Å². The molecule has 0 saturated carbocycles. The van der Waals surface area contributed by atoms with Crippen molar-refractivity contribution in [1.82, 2.24) is 0 Å². The third kappa shape index (κ3) is 3.07. The molecule has 0 spiro atoms. The van der Waals surface area contributed by atoms with Gasteiger partial charge >= 0.3 is 0 Å². The summed E-state index contributed by atoms with van der Waals surface area (Å²) in [6.07, 6.45) is 2.14. The predicted molar refractivity (Wildman–Crippen MR) is 56.1 cm³/mol. The lowest BCUT2D eigenvalue weighted by atomic mass is 9.84. The minimum absolute atomic E-state index is 0.157. The predicted octanol–water partition coefficient (Wildman–Crippen LogP) is 1.50. The van der Waals surface area contributed by atoms with Crippen LogP contribution < -0.4 is 5.73 Å². The first kappa shape index (κ1) is 11.7. The molecule has 0 aliphatic carbocycles. The van der Waals surface area contributed by atoms with Crippen molar-refractivity contribution in [2.75, 3.05) is 13.2 Å². The van der Waals surface area contributed by atoms with Crippen molar-refractivity contribution < 1.29 is 9.53 Å². The zero-order valence-electron chi connectivity index (χ0n) is 9.43. The third-order valence-corrected chi connectivity index (χ3v) is 2.71. The third-order valence-electron chi connectivity index (χ3n) is 2.71. The molecule has 3 heteroatoms. The standard InChI is InChI=1S/C11H21NO2/c1-10(2,3)5-4-9(13)11(12)6-7-14-8-11/h4-8,12H2,1-3H3. The van der Waals surface area contributed by atoms with Crippen LogP contribution in [0.3, 0.4) is 0 Å². The van der Waals surface area contributed by atoms with Crippen molar-refractivity contribution in [3.8, 4) is 0 Å². The molecule has 3 nitrogen and oxygen atoms in total. The Morgan fingerprint density at radius 3 is 2.57 bits per heavy atom. The lowest BCUT2D eigenvalue weighted by molar-refractivity contribution is -0.124.